The number of nitrogens with one attached hydrogen (secondary N) is 1. The van der Waals surface area contributed by atoms with Gasteiger partial charge in [0.1, 0.15) is 5.75 Å². The second-order valence-corrected chi connectivity index (χ2v) is 5.41. The number of para-hydroxylation sites is 1. The number of hydrogen-bond acceptors (Lipinski definition) is 2. The lowest BCUT2D eigenvalue weighted by Crippen LogP contribution is -2.08. The second kappa shape index (κ2) is 5.49. The van der Waals surface area contributed by atoms with Gasteiger partial charge in [0.2, 0.25) is 0 Å². The summed E-state index contributed by atoms with van der Waals surface area (Å²) in [4.78, 5) is 0. The summed E-state index contributed by atoms with van der Waals surface area (Å²) < 4.78 is 0. The Labute approximate surface area is 125 Å². The lowest BCUT2D eigenvalue weighted by atomic mass is 10.0. The summed E-state index contributed by atoms with van der Waals surface area (Å²) in [7, 11) is 0. The summed E-state index contributed by atoms with van der Waals surface area (Å²) in [6, 6.07) is 20.2. The van der Waals surface area contributed by atoms with E-state index in [1.807, 2.05) is 42.5 Å². The van der Waals surface area contributed by atoms with Crippen molar-refractivity contribution in [2.24, 2.45) is 0 Å². The predicted octanol–water partition coefficient (Wildman–Crippen LogP) is 5.03. The minimum atomic E-state index is 0.0377. The van der Waals surface area contributed by atoms with Crippen molar-refractivity contribution < 1.29 is 5.11 Å². The Kier molecular flexibility index (Phi) is 3.53. The molecule has 0 spiro atoms. The normalized spacial score (nSPS) is 12.3. The molecule has 0 aliphatic carbocycles. The first-order chi connectivity index (χ1) is 10.2. The number of aromatic hydroxyl groups is 1. The van der Waals surface area contributed by atoms with E-state index in [-0.39, 0.29) is 6.04 Å². The zero-order chi connectivity index (χ0) is 14.8. The number of hydrogen-bond donors (Lipinski definition) is 2. The van der Waals surface area contributed by atoms with Crippen molar-refractivity contribution in [1.29, 1.82) is 0 Å². The maximum Gasteiger partial charge on any atom is 0.128 e. The fourth-order valence-electron chi connectivity index (χ4n) is 2.67. The molecule has 1 unspecified atom stereocenters. The number of fused-ring (bicyclic) bond motifs is 1. The lowest BCUT2D eigenvalue weighted by molar-refractivity contribution is 0.472. The van der Waals surface area contributed by atoms with Crippen molar-refractivity contribution in [2.45, 2.75) is 19.9 Å². The van der Waals surface area contributed by atoms with Crippen LogP contribution < -0.4 is 5.32 Å². The Hall–Kier alpha value is -2.48. The molecule has 1 atom stereocenters. The van der Waals surface area contributed by atoms with Gasteiger partial charge in [-0.2, -0.15) is 0 Å². The summed E-state index contributed by atoms with van der Waals surface area (Å²) in [6.07, 6.45) is 0. The molecule has 0 aliphatic heterocycles. The molecule has 0 radical (unpaired) electrons. The average molecular weight is 277 g/mol. The zero-order valence-electron chi connectivity index (χ0n) is 12.3. The number of aryl methyl sites for hydroxylation is 1. The van der Waals surface area contributed by atoms with Gasteiger partial charge in [0.05, 0.1) is 6.04 Å². The Bertz CT molecular complexity index is 779. The SMILES string of the molecule is Cc1ccccc1NC(C)c1ccc2ccccc2c1O. The van der Waals surface area contributed by atoms with Crippen LogP contribution in [0.25, 0.3) is 10.8 Å². The van der Waals surface area contributed by atoms with Gasteiger partial charge in [0, 0.05) is 16.6 Å². The summed E-state index contributed by atoms with van der Waals surface area (Å²) >= 11 is 0. The van der Waals surface area contributed by atoms with E-state index in [1.54, 1.807) is 0 Å². The molecular formula is C19H19NO. The van der Waals surface area contributed by atoms with Crippen LogP contribution in [0.3, 0.4) is 0 Å². The molecule has 0 amide bonds. The standard InChI is InChI=1S/C19H19NO/c1-13-7-3-6-10-18(13)20-14(2)16-12-11-15-8-4-5-9-17(15)19(16)21/h3-12,14,20-21H,1-2H3. The number of rotatable bonds is 3. The molecule has 3 rings (SSSR count). The zero-order valence-corrected chi connectivity index (χ0v) is 12.3. The minimum Gasteiger partial charge on any atom is -0.507 e. The fourth-order valence-corrected chi connectivity index (χ4v) is 2.67. The molecule has 0 saturated heterocycles. The smallest absolute Gasteiger partial charge is 0.128 e. The monoisotopic (exact) mass is 277 g/mol. The first-order valence-electron chi connectivity index (χ1n) is 7.19. The van der Waals surface area contributed by atoms with Crippen LogP contribution in [0, 0.1) is 6.92 Å². The van der Waals surface area contributed by atoms with Crippen LogP contribution in [0.2, 0.25) is 0 Å². The fraction of sp³-hybridized carbons (Fsp3) is 0.158. The minimum absolute atomic E-state index is 0.0377. The molecule has 2 heteroatoms. The molecule has 0 bridgehead atoms. The third-order valence-corrected chi connectivity index (χ3v) is 3.92. The third kappa shape index (κ3) is 2.57. The molecule has 0 heterocycles. The van der Waals surface area contributed by atoms with Gasteiger partial charge in [-0.25, -0.2) is 0 Å². The largest absolute Gasteiger partial charge is 0.507 e. The number of phenolic OH excluding ortho intramolecular Hbond substituents is 1. The van der Waals surface area contributed by atoms with Crippen molar-refractivity contribution in [3.63, 3.8) is 0 Å². The highest BCUT2D eigenvalue weighted by Gasteiger charge is 2.13. The van der Waals surface area contributed by atoms with E-state index < -0.39 is 0 Å². The van der Waals surface area contributed by atoms with Crippen LogP contribution in [-0.4, -0.2) is 5.11 Å². The van der Waals surface area contributed by atoms with Crippen LogP contribution in [0.1, 0.15) is 24.1 Å². The van der Waals surface area contributed by atoms with Gasteiger partial charge >= 0.3 is 0 Å². The molecule has 0 saturated carbocycles. The number of anilines is 1. The van der Waals surface area contributed by atoms with Gasteiger partial charge in [-0.1, -0.05) is 54.6 Å². The lowest BCUT2D eigenvalue weighted by Gasteiger charge is -2.19. The highest BCUT2D eigenvalue weighted by atomic mass is 16.3. The molecule has 21 heavy (non-hydrogen) atoms. The molecule has 3 aromatic rings. The molecule has 2 nitrogen and oxygen atoms in total. The summed E-state index contributed by atoms with van der Waals surface area (Å²) in [6.45, 7) is 4.14. The summed E-state index contributed by atoms with van der Waals surface area (Å²) in [5, 5.41) is 16.0. The first-order valence-corrected chi connectivity index (χ1v) is 7.19. The number of phenols is 1. The summed E-state index contributed by atoms with van der Waals surface area (Å²) in [5.74, 6) is 0.363. The van der Waals surface area contributed by atoms with E-state index >= 15 is 0 Å². The first kappa shape index (κ1) is 13.5. The molecule has 0 fully saturated rings. The molecule has 0 aliphatic rings. The average Bonchev–Trinajstić information content (AvgIpc) is 2.50. The van der Waals surface area contributed by atoms with E-state index in [2.05, 4.69) is 37.4 Å². The van der Waals surface area contributed by atoms with Crippen molar-refractivity contribution in [3.8, 4) is 5.75 Å². The highest BCUT2D eigenvalue weighted by molar-refractivity contribution is 5.89. The molecule has 2 N–H and O–H groups in total. The van der Waals surface area contributed by atoms with Crippen molar-refractivity contribution in [3.05, 3.63) is 71.8 Å². The topological polar surface area (TPSA) is 32.3 Å². The van der Waals surface area contributed by atoms with Crippen molar-refractivity contribution in [2.75, 3.05) is 5.32 Å². The van der Waals surface area contributed by atoms with Gasteiger partial charge in [-0.3, -0.25) is 0 Å². The van der Waals surface area contributed by atoms with Crippen molar-refractivity contribution in [1.82, 2.24) is 0 Å². The van der Waals surface area contributed by atoms with E-state index in [9.17, 15) is 5.11 Å². The maximum absolute atomic E-state index is 10.5. The third-order valence-electron chi connectivity index (χ3n) is 3.92. The van der Waals surface area contributed by atoms with Crippen LogP contribution in [-0.2, 0) is 0 Å². The van der Waals surface area contributed by atoms with Gasteiger partial charge < -0.3 is 10.4 Å². The van der Waals surface area contributed by atoms with E-state index in [4.69, 9.17) is 0 Å². The van der Waals surface area contributed by atoms with E-state index in [1.165, 1.54) is 5.56 Å². The molecule has 3 aromatic carbocycles. The van der Waals surface area contributed by atoms with Gasteiger partial charge in [0.15, 0.2) is 0 Å². The van der Waals surface area contributed by atoms with Crippen molar-refractivity contribution >= 4 is 16.5 Å². The maximum atomic E-state index is 10.5. The Morgan fingerprint density at radius 3 is 2.43 bits per heavy atom. The molecule has 0 aromatic heterocycles. The van der Waals surface area contributed by atoms with Gasteiger partial charge in [-0.05, 0) is 30.9 Å². The van der Waals surface area contributed by atoms with Crippen LogP contribution in [0.4, 0.5) is 5.69 Å². The van der Waals surface area contributed by atoms with Crippen LogP contribution in [0.15, 0.2) is 60.7 Å². The Balaban J connectivity index is 1.97. The predicted molar refractivity (Wildman–Crippen MR) is 88.8 cm³/mol. The molecular weight excluding hydrogens is 258 g/mol. The Morgan fingerprint density at radius 2 is 1.62 bits per heavy atom. The van der Waals surface area contributed by atoms with Crippen LogP contribution in [0.5, 0.6) is 5.75 Å². The second-order valence-electron chi connectivity index (χ2n) is 5.41. The number of benzene rings is 3. The van der Waals surface area contributed by atoms with E-state index in [0.29, 0.717) is 5.75 Å². The van der Waals surface area contributed by atoms with E-state index in [0.717, 1.165) is 22.0 Å². The molecule has 106 valence electrons. The summed E-state index contributed by atoms with van der Waals surface area (Å²) in [5.41, 5.74) is 3.21. The van der Waals surface area contributed by atoms with Crippen LogP contribution >= 0.6 is 0 Å². The highest BCUT2D eigenvalue weighted by Crippen LogP contribution is 2.34. The van der Waals surface area contributed by atoms with Gasteiger partial charge in [-0.15, -0.1) is 0 Å². The quantitative estimate of drug-likeness (QED) is 0.704. The van der Waals surface area contributed by atoms with Gasteiger partial charge in [0.25, 0.3) is 0 Å². The Morgan fingerprint density at radius 1 is 0.905 bits per heavy atom.